The lowest BCUT2D eigenvalue weighted by molar-refractivity contribution is -0.167. The van der Waals surface area contributed by atoms with Crippen LogP contribution >= 0.6 is 0 Å². The van der Waals surface area contributed by atoms with Crippen LogP contribution in [0.3, 0.4) is 0 Å². The Labute approximate surface area is 361 Å². The molecule has 0 radical (unpaired) electrons. The second-order valence-corrected chi connectivity index (χ2v) is 19.0. The van der Waals surface area contributed by atoms with Crippen LogP contribution in [-0.2, 0) is 28.6 Å². The lowest BCUT2D eigenvalue weighted by Gasteiger charge is -2.18. The number of carbonyl (C=O) groups is 3. The Balaban J connectivity index is 4.27. The molecule has 0 saturated carbocycles. The van der Waals surface area contributed by atoms with Crippen LogP contribution in [0.15, 0.2) is 0 Å². The largest absolute Gasteiger partial charge is 0.462 e. The maximum atomic E-state index is 12.7. The molecule has 0 fully saturated rings. The quantitative estimate of drug-likeness (QED) is 0.0346. The van der Waals surface area contributed by atoms with Crippen LogP contribution in [0.25, 0.3) is 0 Å². The van der Waals surface area contributed by atoms with Crippen molar-refractivity contribution < 1.29 is 28.6 Å². The second kappa shape index (κ2) is 43.5. The minimum Gasteiger partial charge on any atom is -0.462 e. The van der Waals surface area contributed by atoms with Gasteiger partial charge in [0.25, 0.3) is 0 Å². The monoisotopic (exact) mass is 821 g/mol. The van der Waals surface area contributed by atoms with Gasteiger partial charge in [0.2, 0.25) is 0 Å². The van der Waals surface area contributed by atoms with Crippen molar-refractivity contribution in [3.05, 3.63) is 0 Å². The van der Waals surface area contributed by atoms with Gasteiger partial charge in [0, 0.05) is 19.3 Å². The van der Waals surface area contributed by atoms with Crippen LogP contribution in [0.4, 0.5) is 0 Å². The third kappa shape index (κ3) is 44.0. The summed E-state index contributed by atoms with van der Waals surface area (Å²) in [6.45, 7) is 13.7. The zero-order chi connectivity index (χ0) is 42.7. The lowest BCUT2D eigenvalue weighted by Crippen LogP contribution is -2.30. The highest BCUT2D eigenvalue weighted by atomic mass is 16.6. The molecule has 0 N–H and O–H groups in total. The van der Waals surface area contributed by atoms with Crippen LogP contribution in [-0.4, -0.2) is 37.2 Å². The van der Waals surface area contributed by atoms with Crippen molar-refractivity contribution in [1.82, 2.24) is 0 Å². The van der Waals surface area contributed by atoms with Gasteiger partial charge in [0.1, 0.15) is 13.2 Å². The number of unbranched alkanes of at least 4 members (excludes halogenated alkanes) is 27. The van der Waals surface area contributed by atoms with Crippen LogP contribution in [0.2, 0.25) is 0 Å². The van der Waals surface area contributed by atoms with E-state index < -0.39 is 6.10 Å². The number of rotatable bonds is 45. The molecule has 2 atom stereocenters. The molecule has 344 valence electrons. The molecule has 0 spiro atoms. The topological polar surface area (TPSA) is 78.9 Å². The predicted octanol–water partition coefficient (Wildman–Crippen LogP) is 16.4. The summed E-state index contributed by atoms with van der Waals surface area (Å²) < 4.78 is 16.8. The van der Waals surface area contributed by atoms with Crippen molar-refractivity contribution in [3.8, 4) is 0 Å². The molecule has 0 aromatic rings. The zero-order valence-electron chi connectivity index (χ0n) is 39.8. The summed E-state index contributed by atoms with van der Waals surface area (Å²) in [5.74, 6) is 1.63. The number of carbonyl (C=O) groups excluding carboxylic acids is 3. The third-order valence-electron chi connectivity index (χ3n) is 12.0. The lowest BCUT2D eigenvalue weighted by atomic mass is 9.99. The first-order valence-electron chi connectivity index (χ1n) is 25.6. The normalized spacial score (nSPS) is 12.6. The van der Waals surface area contributed by atoms with Crippen molar-refractivity contribution in [2.45, 2.75) is 285 Å². The first-order chi connectivity index (χ1) is 28.1. The fourth-order valence-electron chi connectivity index (χ4n) is 7.73. The van der Waals surface area contributed by atoms with Gasteiger partial charge in [-0.25, -0.2) is 0 Å². The highest BCUT2D eigenvalue weighted by Crippen LogP contribution is 2.18. The summed E-state index contributed by atoms with van der Waals surface area (Å²) in [4.78, 5) is 37.9. The van der Waals surface area contributed by atoms with Crippen molar-refractivity contribution in [1.29, 1.82) is 0 Å². The summed E-state index contributed by atoms with van der Waals surface area (Å²) in [5, 5.41) is 0. The van der Waals surface area contributed by atoms with Crippen LogP contribution < -0.4 is 0 Å². The SMILES string of the molecule is CCC(C)CCCCCCCCCCCCCCCCC(=O)OC[C@@H](COC(=O)CCCCCCCCCCC(C)C)OC(=O)CCCCCCCCCCC(C)C. The van der Waals surface area contributed by atoms with Crippen LogP contribution in [0, 0.1) is 17.8 Å². The van der Waals surface area contributed by atoms with Crippen LogP contribution in [0.1, 0.15) is 279 Å². The molecular formula is C52H100O6. The Bertz CT molecular complexity index is 900. The fourth-order valence-corrected chi connectivity index (χ4v) is 7.73. The molecule has 1 unspecified atom stereocenters. The van der Waals surface area contributed by atoms with E-state index >= 15 is 0 Å². The van der Waals surface area contributed by atoms with E-state index in [9.17, 15) is 14.4 Å². The first kappa shape index (κ1) is 56.4. The number of hydrogen-bond acceptors (Lipinski definition) is 6. The van der Waals surface area contributed by atoms with E-state index in [1.807, 2.05) is 0 Å². The number of ether oxygens (including phenoxy) is 3. The van der Waals surface area contributed by atoms with Gasteiger partial charge in [-0.05, 0) is 37.0 Å². The molecule has 0 aromatic carbocycles. The van der Waals surface area contributed by atoms with Gasteiger partial charge in [-0.1, -0.05) is 241 Å². The third-order valence-corrected chi connectivity index (χ3v) is 12.0. The van der Waals surface area contributed by atoms with Gasteiger partial charge >= 0.3 is 17.9 Å². The molecule has 0 rings (SSSR count). The Morgan fingerprint density at radius 2 is 0.603 bits per heavy atom. The Morgan fingerprint density at radius 3 is 0.897 bits per heavy atom. The summed E-state index contributed by atoms with van der Waals surface area (Å²) in [5.41, 5.74) is 0. The Morgan fingerprint density at radius 1 is 0.345 bits per heavy atom. The molecule has 58 heavy (non-hydrogen) atoms. The van der Waals surface area contributed by atoms with E-state index in [0.717, 1.165) is 75.5 Å². The smallest absolute Gasteiger partial charge is 0.306 e. The molecule has 6 nitrogen and oxygen atoms in total. The average Bonchev–Trinajstić information content (AvgIpc) is 3.19. The second-order valence-electron chi connectivity index (χ2n) is 19.0. The Kier molecular flexibility index (Phi) is 42.3. The van der Waals surface area contributed by atoms with Gasteiger partial charge < -0.3 is 14.2 Å². The molecule has 0 aliphatic heterocycles. The van der Waals surface area contributed by atoms with E-state index in [1.54, 1.807) is 0 Å². The number of esters is 3. The summed E-state index contributed by atoms with van der Waals surface area (Å²) in [6, 6.07) is 0. The first-order valence-corrected chi connectivity index (χ1v) is 25.6. The predicted molar refractivity (Wildman–Crippen MR) is 247 cm³/mol. The average molecular weight is 821 g/mol. The van der Waals surface area contributed by atoms with Crippen molar-refractivity contribution >= 4 is 17.9 Å². The molecule has 0 saturated heterocycles. The Hall–Kier alpha value is -1.59. The van der Waals surface area contributed by atoms with Gasteiger partial charge in [0.15, 0.2) is 6.10 Å². The summed E-state index contributed by atoms with van der Waals surface area (Å²) in [6.07, 6.45) is 42.4. The van der Waals surface area contributed by atoms with E-state index in [-0.39, 0.29) is 31.1 Å². The number of hydrogen-bond donors (Lipinski definition) is 0. The van der Waals surface area contributed by atoms with Crippen molar-refractivity contribution in [2.24, 2.45) is 17.8 Å². The molecule has 0 aliphatic carbocycles. The van der Waals surface area contributed by atoms with Gasteiger partial charge in [0.05, 0.1) is 0 Å². The standard InChI is InChI=1S/C52H100O6/c1-7-48(6)40-34-28-22-14-12-10-8-9-11-13-15-23-29-35-41-50(53)56-44-49(58-52(55)43-37-31-25-19-17-21-27-33-39-47(4)5)45-57-51(54)42-36-30-24-18-16-20-26-32-38-46(2)3/h46-49H,7-45H2,1-6H3/t48?,49-/m0/s1. The molecule has 0 bridgehead atoms. The van der Waals surface area contributed by atoms with E-state index in [2.05, 4.69) is 41.5 Å². The van der Waals surface area contributed by atoms with E-state index in [1.165, 1.54) is 161 Å². The molecule has 0 aliphatic rings. The fraction of sp³-hybridized carbons (Fsp3) is 0.942. The summed E-state index contributed by atoms with van der Waals surface area (Å²) >= 11 is 0. The molecule has 0 heterocycles. The molecule has 0 amide bonds. The molecule has 0 aromatic heterocycles. The molecular weight excluding hydrogens is 721 g/mol. The van der Waals surface area contributed by atoms with E-state index in [0.29, 0.717) is 19.3 Å². The maximum absolute atomic E-state index is 12.7. The minimum absolute atomic E-state index is 0.0654. The molecule has 6 heteroatoms. The summed E-state index contributed by atoms with van der Waals surface area (Å²) in [7, 11) is 0. The van der Waals surface area contributed by atoms with Crippen molar-refractivity contribution in [3.63, 3.8) is 0 Å². The van der Waals surface area contributed by atoms with Crippen LogP contribution in [0.5, 0.6) is 0 Å². The maximum Gasteiger partial charge on any atom is 0.306 e. The van der Waals surface area contributed by atoms with Gasteiger partial charge in [-0.15, -0.1) is 0 Å². The highest BCUT2D eigenvalue weighted by Gasteiger charge is 2.19. The minimum atomic E-state index is -0.763. The van der Waals surface area contributed by atoms with Gasteiger partial charge in [-0.3, -0.25) is 14.4 Å². The highest BCUT2D eigenvalue weighted by molar-refractivity contribution is 5.71. The van der Waals surface area contributed by atoms with Crippen molar-refractivity contribution in [2.75, 3.05) is 13.2 Å². The van der Waals surface area contributed by atoms with E-state index in [4.69, 9.17) is 14.2 Å². The zero-order valence-corrected chi connectivity index (χ0v) is 39.8. The van der Waals surface area contributed by atoms with Gasteiger partial charge in [-0.2, -0.15) is 0 Å².